The van der Waals surface area contributed by atoms with E-state index in [1.807, 2.05) is 42.5 Å². The van der Waals surface area contributed by atoms with Crippen LogP contribution in [0.15, 0.2) is 77.9 Å². The summed E-state index contributed by atoms with van der Waals surface area (Å²) in [7, 11) is -1.44. The number of carbonyl (C=O) groups excluding carboxylic acids is 2. The lowest BCUT2D eigenvalue weighted by atomic mass is 9.58. The lowest BCUT2D eigenvalue weighted by Gasteiger charge is -2.43. The predicted octanol–water partition coefficient (Wildman–Crippen LogP) is 3.00. The van der Waals surface area contributed by atoms with Crippen LogP contribution < -0.4 is 15.1 Å². The fourth-order valence-corrected chi connectivity index (χ4v) is 7.89. The van der Waals surface area contributed by atoms with Gasteiger partial charge in [0.1, 0.15) is 0 Å². The number of amides is 2. The third kappa shape index (κ3) is 6.52. The third-order valence-corrected chi connectivity index (χ3v) is 10.2. The van der Waals surface area contributed by atoms with Gasteiger partial charge in [0.2, 0.25) is 11.8 Å². The normalized spacial score (nSPS) is 22.8. The van der Waals surface area contributed by atoms with Gasteiger partial charge in [-0.3, -0.25) is 14.5 Å². The highest BCUT2D eigenvalue weighted by Gasteiger charge is 2.57. The van der Waals surface area contributed by atoms with E-state index >= 15 is 0 Å². The molecule has 5 N–H and O–H groups in total. The molecule has 10 nitrogen and oxygen atoms in total. The van der Waals surface area contributed by atoms with Crippen molar-refractivity contribution in [2.75, 3.05) is 18.6 Å². The highest BCUT2D eigenvalue weighted by atomic mass is 127. The van der Waals surface area contributed by atoms with Crippen molar-refractivity contribution >= 4 is 71.4 Å². The molecule has 47 heavy (non-hydrogen) atoms. The average Bonchev–Trinajstić information content (AvgIpc) is 3.32. The Hall–Kier alpha value is -3.46. The summed E-state index contributed by atoms with van der Waals surface area (Å²) in [5.74, 6) is -2.41. The first kappa shape index (κ1) is 33.4. The molecule has 0 aromatic heterocycles. The first-order valence-electron chi connectivity index (χ1n) is 15.4. The summed E-state index contributed by atoms with van der Waals surface area (Å²) in [4.78, 5) is 28.8. The van der Waals surface area contributed by atoms with E-state index in [2.05, 4.69) is 22.6 Å². The first-order chi connectivity index (χ1) is 22.6. The maximum Gasteiger partial charge on any atom is 0.488 e. The molecule has 2 heterocycles. The maximum atomic E-state index is 14.0. The van der Waals surface area contributed by atoms with Crippen LogP contribution in [-0.2, 0) is 14.2 Å². The van der Waals surface area contributed by atoms with Gasteiger partial charge in [-0.25, -0.2) is 0 Å². The molecule has 2 aliphatic heterocycles. The molecule has 2 fully saturated rings. The van der Waals surface area contributed by atoms with Crippen LogP contribution in [0.25, 0.3) is 11.6 Å². The maximum absolute atomic E-state index is 14.0. The number of imide groups is 1. The summed E-state index contributed by atoms with van der Waals surface area (Å²) in [6.07, 6.45) is 2.63. The van der Waals surface area contributed by atoms with Crippen LogP contribution >= 0.6 is 22.6 Å². The van der Waals surface area contributed by atoms with E-state index in [1.165, 1.54) is 19.2 Å². The molecule has 3 aliphatic rings. The molecule has 2 saturated heterocycles. The number of ether oxygens (including phenoxy) is 1. The number of phenolic OH excluding ortho intramolecular Hbond substituents is 1. The van der Waals surface area contributed by atoms with Crippen LogP contribution in [-0.4, -0.2) is 71.2 Å². The number of aliphatic hydroxyl groups is 1. The van der Waals surface area contributed by atoms with Crippen molar-refractivity contribution in [3.8, 4) is 11.5 Å². The van der Waals surface area contributed by atoms with Gasteiger partial charge in [-0.2, -0.15) is 0 Å². The monoisotopic (exact) mass is 749 g/mol. The molecule has 0 spiro atoms. The lowest BCUT2D eigenvalue weighted by Crippen LogP contribution is -2.46. The molecule has 3 aromatic rings. The van der Waals surface area contributed by atoms with Crippen molar-refractivity contribution < 1.29 is 44.3 Å². The quantitative estimate of drug-likeness (QED) is 0.0730. The summed E-state index contributed by atoms with van der Waals surface area (Å²) in [6.45, 7) is -0.314. The zero-order valence-corrected chi connectivity index (χ0v) is 27.8. The van der Waals surface area contributed by atoms with Crippen LogP contribution in [0.2, 0.25) is 6.32 Å². The third-order valence-electron chi connectivity index (χ3n) is 9.36. The molecule has 242 valence electrons. The number of carbonyl (C=O) groups is 2. The second kappa shape index (κ2) is 13.9. The van der Waals surface area contributed by atoms with Gasteiger partial charge in [0, 0.05) is 0 Å². The Morgan fingerprint density at radius 1 is 1.09 bits per heavy atom. The number of fused-ring (bicyclic) bond motifs is 3. The number of rotatable bonds is 9. The highest BCUT2D eigenvalue weighted by Crippen LogP contribution is 2.51. The highest BCUT2D eigenvalue weighted by molar-refractivity contribution is 14.1. The molecule has 0 bridgehead atoms. The molecular formula is C34H34B2INO9. The zero-order chi connectivity index (χ0) is 33.4. The first-order valence-corrected chi connectivity index (χ1v) is 16.5. The fraction of sp³-hybridized carbons (Fsp3) is 0.294. The van der Waals surface area contributed by atoms with Crippen LogP contribution in [0.5, 0.6) is 11.5 Å². The van der Waals surface area contributed by atoms with E-state index < -0.39 is 49.9 Å². The van der Waals surface area contributed by atoms with Crippen molar-refractivity contribution in [2.45, 2.75) is 31.7 Å². The summed E-state index contributed by atoms with van der Waals surface area (Å²) >= 11 is 2.06. The molecule has 3 aromatic carbocycles. The van der Waals surface area contributed by atoms with Gasteiger partial charge in [-0.05, 0) is 112 Å². The number of aromatic hydroxyl groups is 1. The van der Waals surface area contributed by atoms with E-state index in [0.717, 1.165) is 27.2 Å². The smallest absolute Gasteiger partial charge is 0.488 e. The number of benzene rings is 3. The summed E-state index contributed by atoms with van der Waals surface area (Å²) in [5, 5.41) is 51.2. The Morgan fingerprint density at radius 2 is 1.85 bits per heavy atom. The summed E-state index contributed by atoms with van der Waals surface area (Å²) in [5.41, 5.74) is 4.57. The van der Waals surface area contributed by atoms with Gasteiger partial charge < -0.3 is 34.7 Å². The van der Waals surface area contributed by atoms with E-state index in [9.17, 15) is 34.9 Å². The molecule has 0 saturated carbocycles. The van der Waals surface area contributed by atoms with Crippen molar-refractivity contribution in [1.82, 2.24) is 0 Å². The number of nitrogens with zero attached hydrogens (tertiary/aromatic N) is 1. The molecule has 0 unspecified atom stereocenters. The summed E-state index contributed by atoms with van der Waals surface area (Å²) < 4.78 is 12.1. The number of allylic oxidation sites excluding steroid dienone is 1. The van der Waals surface area contributed by atoms with Gasteiger partial charge in [-0.15, -0.1) is 0 Å². The Bertz CT molecular complexity index is 1750. The topological polar surface area (TPSA) is 157 Å². The number of phenols is 1. The number of hydrogen-bond acceptors (Lipinski definition) is 9. The van der Waals surface area contributed by atoms with Gasteiger partial charge in [0.15, 0.2) is 11.5 Å². The van der Waals surface area contributed by atoms with E-state index in [0.29, 0.717) is 27.7 Å². The Kier molecular flexibility index (Phi) is 9.93. The van der Waals surface area contributed by atoms with Crippen LogP contribution in [0.4, 0.5) is 5.69 Å². The number of anilines is 1. The van der Waals surface area contributed by atoms with Gasteiger partial charge in [-0.1, -0.05) is 48.5 Å². The van der Waals surface area contributed by atoms with E-state index in [1.54, 1.807) is 18.2 Å². The Morgan fingerprint density at radius 3 is 2.55 bits per heavy atom. The number of hydrogen-bond donors (Lipinski definition) is 5. The average molecular weight is 749 g/mol. The Labute approximate surface area is 286 Å². The number of halogens is 1. The summed E-state index contributed by atoms with van der Waals surface area (Å²) in [6, 6.07) is 19.5. The van der Waals surface area contributed by atoms with Crippen molar-refractivity contribution in [3.05, 3.63) is 92.6 Å². The minimum atomic E-state index is -1.76. The fourth-order valence-electron chi connectivity index (χ4n) is 7.26. The molecule has 0 radical (unpaired) electrons. The van der Waals surface area contributed by atoms with E-state index in [-0.39, 0.29) is 36.2 Å². The van der Waals surface area contributed by atoms with Crippen LogP contribution in [0.3, 0.4) is 0 Å². The minimum Gasteiger partial charge on any atom is -0.504 e. The van der Waals surface area contributed by atoms with Crippen LogP contribution in [0.1, 0.15) is 30.4 Å². The van der Waals surface area contributed by atoms with Crippen LogP contribution in [0, 0.1) is 21.3 Å². The SMILES string of the molecule is COc1cc(/C=C(/CC[C@H]2OB(O)C[C@H]3C2=C(CO)C[C@H]2C(=O)N(c4cccc(B(O)O)c4)C(=O)[C@H]23)c2ccccc2)cc(I)c1O. The van der Waals surface area contributed by atoms with Gasteiger partial charge >= 0.3 is 14.2 Å². The Balaban J connectivity index is 1.32. The second-order valence-corrected chi connectivity index (χ2v) is 13.2. The van der Waals surface area contributed by atoms with Gasteiger partial charge in [0.05, 0.1) is 40.9 Å². The predicted molar refractivity (Wildman–Crippen MR) is 187 cm³/mol. The lowest BCUT2D eigenvalue weighted by molar-refractivity contribution is -0.122. The van der Waals surface area contributed by atoms with Gasteiger partial charge in [0.25, 0.3) is 0 Å². The molecule has 6 rings (SSSR count). The van der Waals surface area contributed by atoms with Crippen molar-refractivity contribution in [3.63, 3.8) is 0 Å². The van der Waals surface area contributed by atoms with Crippen molar-refractivity contribution in [2.24, 2.45) is 17.8 Å². The minimum absolute atomic E-state index is 0.0680. The number of aliphatic hydroxyl groups excluding tert-OH is 1. The molecule has 1 aliphatic carbocycles. The second-order valence-electron chi connectivity index (χ2n) is 12.1. The van der Waals surface area contributed by atoms with E-state index in [4.69, 9.17) is 9.39 Å². The molecule has 2 amide bonds. The number of methoxy groups -OCH3 is 1. The standard InChI is InChI=1S/C34H34B2INO9/c1-46-29-14-19(13-27(37)32(29)40)12-21(20-6-3-2-4-7-20)10-11-28-30-22(18-39)15-25-31(26(30)17-35(43)47-28)34(42)38(33(25)41)24-9-5-8-23(16-24)36(44)45/h2-9,12-14,16,25-26,28,31,39-40,43-45H,10-11,15,17-18H2,1H3/b21-12-/t25-,26+,28-,31-/m1/s1. The molecule has 4 atom stereocenters. The molecular weight excluding hydrogens is 715 g/mol. The molecule has 13 heteroatoms. The van der Waals surface area contributed by atoms with Crippen molar-refractivity contribution in [1.29, 1.82) is 0 Å². The largest absolute Gasteiger partial charge is 0.504 e. The zero-order valence-electron chi connectivity index (χ0n) is 25.6.